The SMILES string of the molecule is Cc1ccccc1C(Sc1nnc(NC2CC2)s1)c1ccccc1. The predicted molar refractivity (Wildman–Crippen MR) is 102 cm³/mol. The smallest absolute Gasteiger partial charge is 0.206 e. The Balaban J connectivity index is 1.63. The molecule has 4 rings (SSSR count). The summed E-state index contributed by atoms with van der Waals surface area (Å²) in [6, 6.07) is 19.8. The van der Waals surface area contributed by atoms with Crippen LogP contribution in [0.15, 0.2) is 58.9 Å². The summed E-state index contributed by atoms with van der Waals surface area (Å²) in [7, 11) is 0. The first-order valence-electron chi connectivity index (χ1n) is 8.17. The zero-order valence-electron chi connectivity index (χ0n) is 13.5. The van der Waals surface area contributed by atoms with Gasteiger partial charge in [-0.25, -0.2) is 0 Å². The van der Waals surface area contributed by atoms with Crippen LogP contribution in [0.2, 0.25) is 0 Å². The van der Waals surface area contributed by atoms with E-state index in [0.717, 1.165) is 9.47 Å². The Kier molecular flexibility index (Phi) is 4.54. The van der Waals surface area contributed by atoms with Crippen LogP contribution in [0.3, 0.4) is 0 Å². The van der Waals surface area contributed by atoms with Crippen LogP contribution in [0.25, 0.3) is 0 Å². The molecule has 0 amide bonds. The number of hydrogen-bond donors (Lipinski definition) is 1. The van der Waals surface area contributed by atoms with Gasteiger partial charge in [0.05, 0.1) is 5.25 Å². The normalized spacial score (nSPS) is 15.2. The number of hydrogen-bond acceptors (Lipinski definition) is 5. The zero-order valence-corrected chi connectivity index (χ0v) is 15.1. The quantitative estimate of drug-likeness (QED) is 0.610. The van der Waals surface area contributed by atoms with Crippen molar-refractivity contribution in [2.24, 2.45) is 0 Å². The number of benzene rings is 2. The number of thioether (sulfide) groups is 1. The molecule has 1 fully saturated rings. The lowest BCUT2D eigenvalue weighted by molar-refractivity contribution is 0.989. The van der Waals surface area contributed by atoms with Crippen LogP contribution >= 0.6 is 23.1 Å². The summed E-state index contributed by atoms with van der Waals surface area (Å²) >= 11 is 3.44. The minimum Gasteiger partial charge on any atom is -0.357 e. The molecule has 0 aliphatic heterocycles. The lowest BCUT2D eigenvalue weighted by atomic mass is 10.0. The van der Waals surface area contributed by atoms with E-state index in [-0.39, 0.29) is 5.25 Å². The maximum atomic E-state index is 4.39. The number of nitrogens with zero attached hydrogens (tertiary/aromatic N) is 2. The molecule has 1 heterocycles. The summed E-state index contributed by atoms with van der Waals surface area (Å²) in [5.41, 5.74) is 3.93. The standard InChI is InChI=1S/C19H19N3S2/c1-13-7-5-6-10-16(13)17(14-8-3-2-4-9-14)23-19-22-21-18(24-19)20-15-11-12-15/h2-10,15,17H,11-12H2,1H3,(H,20,21). The molecular formula is C19H19N3S2. The number of nitrogens with one attached hydrogen (secondary N) is 1. The summed E-state index contributed by atoms with van der Waals surface area (Å²) in [5, 5.41) is 13.3. The molecular weight excluding hydrogens is 334 g/mol. The van der Waals surface area contributed by atoms with Crippen molar-refractivity contribution in [3.05, 3.63) is 71.3 Å². The molecule has 5 heteroatoms. The summed E-state index contributed by atoms with van der Waals surface area (Å²) < 4.78 is 1.01. The van der Waals surface area contributed by atoms with E-state index in [9.17, 15) is 0 Å². The van der Waals surface area contributed by atoms with Crippen LogP contribution in [0.5, 0.6) is 0 Å². The third-order valence-corrected chi connectivity index (χ3v) is 6.34. The molecule has 1 atom stereocenters. The van der Waals surface area contributed by atoms with Gasteiger partial charge < -0.3 is 5.32 Å². The molecule has 0 saturated heterocycles. The highest BCUT2D eigenvalue weighted by atomic mass is 32.2. The van der Waals surface area contributed by atoms with Gasteiger partial charge in [-0.05, 0) is 36.5 Å². The van der Waals surface area contributed by atoms with Gasteiger partial charge in [0.2, 0.25) is 5.13 Å². The summed E-state index contributed by atoms with van der Waals surface area (Å²) in [6.07, 6.45) is 2.50. The van der Waals surface area contributed by atoms with Crippen LogP contribution in [0.1, 0.15) is 34.8 Å². The van der Waals surface area contributed by atoms with Crippen molar-refractivity contribution < 1.29 is 0 Å². The summed E-state index contributed by atoms with van der Waals surface area (Å²) in [6.45, 7) is 2.17. The van der Waals surface area contributed by atoms with Crippen LogP contribution in [0, 0.1) is 6.92 Å². The van der Waals surface area contributed by atoms with E-state index in [2.05, 4.69) is 77.0 Å². The van der Waals surface area contributed by atoms with Gasteiger partial charge in [0.15, 0.2) is 4.34 Å². The van der Waals surface area contributed by atoms with E-state index in [1.54, 1.807) is 23.1 Å². The maximum Gasteiger partial charge on any atom is 0.206 e. The fourth-order valence-electron chi connectivity index (χ4n) is 2.64. The first-order chi connectivity index (χ1) is 11.8. The van der Waals surface area contributed by atoms with Crippen molar-refractivity contribution in [2.45, 2.75) is 35.4 Å². The van der Waals surface area contributed by atoms with Crippen molar-refractivity contribution >= 4 is 28.2 Å². The summed E-state index contributed by atoms with van der Waals surface area (Å²) in [5.74, 6) is 0. The molecule has 122 valence electrons. The van der Waals surface area contributed by atoms with Gasteiger partial charge >= 0.3 is 0 Å². The minimum absolute atomic E-state index is 0.231. The average molecular weight is 354 g/mol. The Morgan fingerprint density at radius 2 is 1.79 bits per heavy atom. The van der Waals surface area contributed by atoms with Gasteiger partial charge in [-0.1, -0.05) is 77.7 Å². The first kappa shape index (κ1) is 15.7. The molecule has 1 saturated carbocycles. The maximum absolute atomic E-state index is 4.39. The molecule has 24 heavy (non-hydrogen) atoms. The first-order valence-corrected chi connectivity index (χ1v) is 9.86. The van der Waals surface area contributed by atoms with Crippen molar-refractivity contribution in [1.29, 1.82) is 0 Å². The third-order valence-electron chi connectivity index (χ3n) is 4.10. The molecule has 1 aliphatic rings. The Bertz CT molecular complexity index is 812. The molecule has 1 N–H and O–H groups in total. The molecule has 1 aromatic heterocycles. The second-order valence-corrected chi connectivity index (χ2v) is 8.39. The lowest BCUT2D eigenvalue weighted by Gasteiger charge is -2.18. The molecule has 3 aromatic rings. The number of aromatic nitrogens is 2. The van der Waals surface area contributed by atoms with Crippen molar-refractivity contribution in [3.63, 3.8) is 0 Å². The molecule has 0 radical (unpaired) electrons. The highest BCUT2D eigenvalue weighted by molar-refractivity contribution is 8.01. The molecule has 1 unspecified atom stereocenters. The van der Waals surface area contributed by atoms with Gasteiger partial charge in [-0.15, -0.1) is 10.2 Å². The second-order valence-electron chi connectivity index (χ2n) is 6.06. The molecule has 3 nitrogen and oxygen atoms in total. The summed E-state index contributed by atoms with van der Waals surface area (Å²) in [4.78, 5) is 0. The number of anilines is 1. The van der Waals surface area contributed by atoms with Gasteiger partial charge in [-0.3, -0.25) is 0 Å². The van der Waals surface area contributed by atoms with Crippen LogP contribution in [-0.2, 0) is 0 Å². The fourth-order valence-corrected chi connectivity index (χ4v) is 4.89. The van der Waals surface area contributed by atoms with E-state index in [1.807, 2.05) is 0 Å². The second kappa shape index (κ2) is 6.95. The van der Waals surface area contributed by atoms with Crippen molar-refractivity contribution in [1.82, 2.24) is 10.2 Å². The largest absolute Gasteiger partial charge is 0.357 e. The molecule has 2 aromatic carbocycles. The van der Waals surface area contributed by atoms with Gasteiger partial charge in [0, 0.05) is 6.04 Å². The Hall–Kier alpha value is -1.85. The molecule has 0 spiro atoms. The molecule has 1 aliphatic carbocycles. The van der Waals surface area contributed by atoms with E-state index >= 15 is 0 Å². The van der Waals surface area contributed by atoms with E-state index < -0.39 is 0 Å². The third kappa shape index (κ3) is 3.62. The lowest BCUT2D eigenvalue weighted by Crippen LogP contribution is -1.99. The van der Waals surface area contributed by atoms with E-state index in [0.29, 0.717) is 6.04 Å². The van der Waals surface area contributed by atoms with Crippen molar-refractivity contribution in [3.8, 4) is 0 Å². The number of aryl methyl sites for hydroxylation is 1. The van der Waals surface area contributed by atoms with Gasteiger partial charge in [0.1, 0.15) is 0 Å². The number of rotatable bonds is 6. The zero-order chi connectivity index (χ0) is 16.4. The van der Waals surface area contributed by atoms with Gasteiger partial charge in [0.25, 0.3) is 0 Å². The van der Waals surface area contributed by atoms with Crippen LogP contribution < -0.4 is 5.32 Å². The van der Waals surface area contributed by atoms with E-state index in [1.165, 1.54) is 29.5 Å². The highest BCUT2D eigenvalue weighted by Gasteiger charge is 2.24. The fraction of sp³-hybridized carbons (Fsp3) is 0.263. The topological polar surface area (TPSA) is 37.8 Å². The van der Waals surface area contributed by atoms with Crippen LogP contribution in [0.4, 0.5) is 5.13 Å². The predicted octanol–water partition coefficient (Wildman–Crippen LogP) is 5.30. The van der Waals surface area contributed by atoms with Crippen molar-refractivity contribution in [2.75, 3.05) is 5.32 Å². The monoisotopic (exact) mass is 353 g/mol. The van der Waals surface area contributed by atoms with Crippen LogP contribution in [-0.4, -0.2) is 16.2 Å². The highest BCUT2D eigenvalue weighted by Crippen LogP contribution is 2.43. The Morgan fingerprint density at radius 1 is 1.04 bits per heavy atom. The Morgan fingerprint density at radius 3 is 2.54 bits per heavy atom. The average Bonchev–Trinajstić information content (AvgIpc) is 3.31. The van der Waals surface area contributed by atoms with Gasteiger partial charge in [-0.2, -0.15) is 0 Å². The minimum atomic E-state index is 0.231. The Labute approximate surface area is 150 Å². The molecule has 0 bridgehead atoms. The van der Waals surface area contributed by atoms with E-state index in [4.69, 9.17) is 0 Å².